The van der Waals surface area contributed by atoms with E-state index < -0.39 is 11.8 Å². The fraction of sp³-hybridized carbons (Fsp3) is 0.222. The zero-order valence-corrected chi connectivity index (χ0v) is 12.8. The SMILES string of the molecule is COCCOCOC(=C(F)F)c1cccc(-c2ccccc2)c1. The first-order chi connectivity index (χ1) is 11.2. The van der Waals surface area contributed by atoms with Crippen LogP contribution in [0.15, 0.2) is 60.7 Å². The van der Waals surface area contributed by atoms with Crippen LogP contribution >= 0.6 is 0 Å². The first-order valence-corrected chi connectivity index (χ1v) is 7.13. The van der Waals surface area contributed by atoms with E-state index in [1.165, 1.54) is 7.11 Å². The minimum Gasteiger partial charge on any atom is -0.461 e. The van der Waals surface area contributed by atoms with E-state index in [4.69, 9.17) is 14.2 Å². The van der Waals surface area contributed by atoms with Crippen molar-refractivity contribution in [2.24, 2.45) is 0 Å². The Balaban J connectivity index is 2.13. The zero-order valence-electron chi connectivity index (χ0n) is 12.8. The third kappa shape index (κ3) is 5.16. The van der Waals surface area contributed by atoms with Crippen molar-refractivity contribution in [3.05, 3.63) is 66.2 Å². The van der Waals surface area contributed by atoms with E-state index in [1.54, 1.807) is 18.2 Å². The highest BCUT2D eigenvalue weighted by Crippen LogP contribution is 2.27. The summed E-state index contributed by atoms with van der Waals surface area (Å²) in [6.07, 6.45) is -1.88. The molecule has 0 aliphatic rings. The molecule has 0 aliphatic carbocycles. The van der Waals surface area contributed by atoms with Crippen molar-refractivity contribution < 1.29 is 23.0 Å². The molecule has 2 aromatic rings. The summed E-state index contributed by atoms with van der Waals surface area (Å²) in [5.41, 5.74) is 2.09. The summed E-state index contributed by atoms with van der Waals surface area (Å²) in [7, 11) is 1.53. The maximum atomic E-state index is 13.2. The molecule has 0 heterocycles. The van der Waals surface area contributed by atoms with Crippen LogP contribution in [-0.4, -0.2) is 27.1 Å². The van der Waals surface area contributed by atoms with Gasteiger partial charge in [-0.25, -0.2) is 0 Å². The molecule has 2 rings (SSSR count). The van der Waals surface area contributed by atoms with Gasteiger partial charge >= 0.3 is 6.08 Å². The van der Waals surface area contributed by atoms with Crippen LogP contribution in [0.5, 0.6) is 0 Å². The second-order valence-corrected chi connectivity index (χ2v) is 4.70. The molecule has 0 bridgehead atoms. The summed E-state index contributed by atoms with van der Waals surface area (Å²) in [5, 5.41) is 0. The molecule has 2 aromatic carbocycles. The van der Waals surface area contributed by atoms with Crippen molar-refractivity contribution in [1.29, 1.82) is 0 Å². The van der Waals surface area contributed by atoms with Crippen LogP contribution in [0.3, 0.4) is 0 Å². The third-order valence-electron chi connectivity index (χ3n) is 3.12. The predicted octanol–water partition coefficient (Wildman–Crippen LogP) is 4.56. The molecule has 23 heavy (non-hydrogen) atoms. The van der Waals surface area contributed by atoms with Crippen LogP contribution < -0.4 is 0 Å². The molecule has 0 amide bonds. The highest BCUT2D eigenvalue weighted by molar-refractivity contribution is 5.70. The van der Waals surface area contributed by atoms with Gasteiger partial charge in [0.25, 0.3) is 0 Å². The third-order valence-corrected chi connectivity index (χ3v) is 3.12. The maximum Gasteiger partial charge on any atom is 0.312 e. The van der Waals surface area contributed by atoms with Crippen molar-refractivity contribution in [1.82, 2.24) is 0 Å². The van der Waals surface area contributed by atoms with Crippen molar-refractivity contribution in [3.63, 3.8) is 0 Å². The van der Waals surface area contributed by atoms with Crippen molar-refractivity contribution in [3.8, 4) is 11.1 Å². The van der Waals surface area contributed by atoms with Crippen LogP contribution in [0, 0.1) is 0 Å². The Kier molecular flexibility index (Phi) is 6.72. The van der Waals surface area contributed by atoms with E-state index in [1.807, 2.05) is 36.4 Å². The second-order valence-electron chi connectivity index (χ2n) is 4.70. The Labute approximate surface area is 134 Å². The number of rotatable bonds is 8. The van der Waals surface area contributed by atoms with Gasteiger partial charge in [-0.15, -0.1) is 0 Å². The summed E-state index contributed by atoms with van der Waals surface area (Å²) < 4.78 is 41.3. The van der Waals surface area contributed by atoms with Gasteiger partial charge in [0.2, 0.25) is 0 Å². The number of methoxy groups -OCH3 is 1. The Hall–Kier alpha value is -2.24. The van der Waals surface area contributed by atoms with E-state index in [0.29, 0.717) is 12.2 Å². The lowest BCUT2D eigenvalue weighted by molar-refractivity contribution is -0.0236. The molecular weight excluding hydrogens is 302 g/mol. The zero-order chi connectivity index (χ0) is 16.5. The first-order valence-electron chi connectivity index (χ1n) is 7.13. The Bertz CT molecular complexity index is 638. The van der Waals surface area contributed by atoms with Crippen molar-refractivity contribution in [2.45, 2.75) is 0 Å². The molecule has 0 aromatic heterocycles. The molecule has 122 valence electrons. The first kappa shape index (κ1) is 17.1. The van der Waals surface area contributed by atoms with Crippen LogP contribution in [0.2, 0.25) is 0 Å². The summed E-state index contributed by atoms with van der Waals surface area (Å²) in [5.74, 6) is -0.472. The van der Waals surface area contributed by atoms with E-state index >= 15 is 0 Å². The molecule has 5 heteroatoms. The highest BCUT2D eigenvalue weighted by Gasteiger charge is 2.12. The molecule has 0 unspecified atom stereocenters. The quantitative estimate of drug-likeness (QED) is 0.405. The van der Waals surface area contributed by atoms with Crippen LogP contribution in [-0.2, 0) is 14.2 Å². The Morgan fingerprint density at radius 3 is 2.35 bits per heavy atom. The van der Waals surface area contributed by atoms with Gasteiger partial charge in [0.05, 0.1) is 13.2 Å². The molecule has 0 fully saturated rings. The minimum absolute atomic E-state index is 0.258. The van der Waals surface area contributed by atoms with Crippen LogP contribution in [0.25, 0.3) is 16.9 Å². The van der Waals surface area contributed by atoms with Crippen LogP contribution in [0.1, 0.15) is 5.56 Å². The standard InChI is InChI=1S/C18H18F2O3/c1-21-10-11-22-13-23-17(18(19)20)16-9-5-8-15(12-16)14-6-3-2-4-7-14/h2-9,12H,10-11,13H2,1H3. The smallest absolute Gasteiger partial charge is 0.312 e. The average molecular weight is 320 g/mol. The summed E-state index contributed by atoms with van der Waals surface area (Å²) >= 11 is 0. The number of ether oxygens (including phenoxy) is 3. The summed E-state index contributed by atoms with van der Waals surface area (Å²) in [6, 6.07) is 16.4. The number of halogens is 2. The minimum atomic E-state index is -1.88. The fourth-order valence-electron chi connectivity index (χ4n) is 2.02. The van der Waals surface area contributed by atoms with Crippen molar-refractivity contribution in [2.75, 3.05) is 27.1 Å². The number of benzene rings is 2. The van der Waals surface area contributed by atoms with E-state index in [0.717, 1.165) is 11.1 Å². The molecule has 0 spiro atoms. The summed E-state index contributed by atoms with van der Waals surface area (Å²) in [4.78, 5) is 0. The highest BCUT2D eigenvalue weighted by atomic mass is 19.3. The molecule has 0 radical (unpaired) electrons. The lowest BCUT2D eigenvalue weighted by Crippen LogP contribution is -2.06. The Morgan fingerprint density at radius 2 is 1.65 bits per heavy atom. The normalized spacial score (nSPS) is 10.4. The van der Waals surface area contributed by atoms with E-state index in [9.17, 15) is 8.78 Å². The monoisotopic (exact) mass is 320 g/mol. The van der Waals surface area contributed by atoms with Gasteiger partial charge in [-0.2, -0.15) is 8.78 Å². The van der Waals surface area contributed by atoms with Gasteiger partial charge in [-0.3, -0.25) is 0 Å². The molecule has 0 saturated heterocycles. The predicted molar refractivity (Wildman–Crippen MR) is 84.8 cm³/mol. The second kappa shape index (κ2) is 9.02. The van der Waals surface area contributed by atoms with Crippen molar-refractivity contribution >= 4 is 5.76 Å². The molecule has 0 atom stereocenters. The van der Waals surface area contributed by atoms with Crippen LogP contribution in [0.4, 0.5) is 8.78 Å². The molecular formula is C18H18F2O3. The van der Waals surface area contributed by atoms with E-state index in [2.05, 4.69) is 0 Å². The lowest BCUT2D eigenvalue weighted by Gasteiger charge is -2.11. The molecule has 0 saturated carbocycles. The largest absolute Gasteiger partial charge is 0.461 e. The van der Waals surface area contributed by atoms with Gasteiger partial charge in [0.1, 0.15) is 0 Å². The number of hydrogen-bond donors (Lipinski definition) is 0. The molecule has 3 nitrogen and oxygen atoms in total. The lowest BCUT2D eigenvalue weighted by atomic mass is 10.0. The number of hydrogen-bond acceptors (Lipinski definition) is 3. The molecule has 0 N–H and O–H groups in total. The average Bonchev–Trinajstić information content (AvgIpc) is 2.58. The Morgan fingerprint density at radius 1 is 0.913 bits per heavy atom. The van der Waals surface area contributed by atoms with Gasteiger partial charge in [0, 0.05) is 12.7 Å². The van der Waals surface area contributed by atoms with Gasteiger partial charge in [0.15, 0.2) is 12.6 Å². The van der Waals surface area contributed by atoms with Gasteiger partial charge in [-0.1, -0.05) is 48.5 Å². The summed E-state index contributed by atoms with van der Waals surface area (Å²) in [6.45, 7) is 0.400. The fourth-order valence-corrected chi connectivity index (χ4v) is 2.02. The molecule has 0 aliphatic heterocycles. The van der Waals surface area contributed by atoms with Gasteiger partial charge in [-0.05, 0) is 17.2 Å². The topological polar surface area (TPSA) is 27.7 Å². The maximum absolute atomic E-state index is 13.2. The van der Waals surface area contributed by atoms with Gasteiger partial charge < -0.3 is 14.2 Å². The van der Waals surface area contributed by atoms with E-state index in [-0.39, 0.29) is 13.4 Å².